The number of rotatable bonds is 4. The number of amides is 1. The van der Waals surface area contributed by atoms with Crippen LogP contribution in [0.5, 0.6) is 0 Å². The quantitative estimate of drug-likeness (QED) is 0.889. The van der Waals surface area contributed by atoms with Gasteiger partial charge < -0.3 is 14.8 Å². The van der Waals surface area contributed by atoms with Crippen molar-refractivity contribution < 1.29 is 14.3 Å². The summed E-state index contributed by atoms with van der Waals surface area (Å²) in [6, 6.07) is 8.21. The summed E-state index contributed by atoms with van der Waals surface area (Å²) in [4.78, 5) is 12.2. The van der Waals surface area contributed by atoms with E-state index in [1.807, 2.05) is 12.1 Å². The molecule has 4 nitrogen and oxygen atoms in total. The molecule has 1 heterocycles. The first kappa shape index (κ1) is 16.0. The van der Waals surface area contributed by atoms with Gasteiger partial charge in [-0.1, -0.05) is 28.1 Å². The summed E-state index contributed by atoms with van der Waals surface area (Å²) in [6.45, 7) is 2.06. The van der Waals surface area contributed by atoms with Crippen LogP contribution in [0.15, 0.2) is 28.7 Å². The Labute approximate surface area is 139 Å². The van der Waals surface area contributed by atoms with Crippen LogP contribution in [0, 0.1) is 5.92 Å². The van der Waals surface area contributed by atoms with Gasteiger partial charge in [-0.05, 0) is 37.0 Å². The molecule has 1 saturated carbocycles. The van der Waals surface area contributed by atoms with E-state index < -0.39 is 0 Å². The fraction of sp³-hybridized carbons (Fsp3) is 0.588. The summed E-state index contributed by atoms with van der Waals surface area (Å²) < 4.78 is 12.5. The van der Waals surface area contributed by atoms with E-state index in [-0.39, 0.29) is 17.6 Å². The smallest absolute Gasteiger partial charge is 0.223 e. The van der Waals surface area contributed by atoms with Crippen molar-refractivity contribution in [2.45, 2.75) is 37.9 Å². The minimum absolute atomic E-state index is 0.100. The summed E-state index contributed by atoms with van der Waals surface area (Å²) >= 11 is 3.42. The summed E-state index contributed by atoms with van der Waals surface area (Å²) in [5.41, 5.74) is 1.24. The number of benzene rings is 1. The van der Waals surface area contributed by atoms with Crippen LogP contribution >= 0.6 is 15.9 Å². The fourth-order valence-corrected chi connectivity index (χ4v) is 3.50. The highest BCUT2D eigenvalue weighted by Crippen LogP contribution is 2.38. The summed E-state index contributed by atoms with van der Waals surface area (Å²) in [5.74, 6) is -0.109. The Morgan fingerprint density at radius 3 is 2.45 bits per heavy atom. The lowest BCUT2D eigenvalue weighted by Gasteiger charge is -2.34. The Morgan fingerprint density at radius 2 is 1.82 bits per heavy atom. The van der Waals surface area contributed by atoms with E-state index in [1.165, 1.54) is 5.56 Å². The zero-order valence-corrected chi connectivity index (χ0v) is 14.2. The number of carbonyl (C=O) groups is 1. The summed E-state index contributed by atoms with van der Waals surface area (Å²) in [7, 11) is 0. The van der Waals surface area contributed by atoms with Gasteiger partial charge in [0, 0.05) is 29.8 Å². The first-order valence-corrected chi connectivity index (χ1v) is 8.76. The minimum Gasteiger partial charge on any atom is -0.356 e. The zero-order chi connectivity index (χ0) is 15.4. The molecular formula is C17H22BrNO3. The van der Waals surface area contributed by atoms with Gasteiger partial charge in [-0.25, -0.2) is 0 Å². The molecule has 0 unspecified atom stereocenters. The number of hydrogen-bond acceptors (Lipinski definition) is 3. The molecule has 1 amide bonds. The van der Waals surface area contributed by atoms with Gasteiger partial charge in [0.25, 0.3) is 0 Å². The average Bonchev–Trinajstić information content (AvgIpc) is 2.98. The highest BCUT2D eigenvalue weighted by atomic mass is 79.9. The molecule has 0 radical (unpaired) electrons. The molecule has 2 fully saturated rings. The highest BCUT2D eigenvalue weighted by Gasteiger charge is 2.41. The Kier molecular flexibility index (Phi) is 5.16. The fourth-order valence-electron chi connectivity index (χ4n) is 3.23. The molecule has 1 aromatic carbocycles. The van der Waals surface area contributed by atoms with Gasteiger partial charge >= 0.3 is 0 Å². The largest absolute Gasteiger partial charge is 0.356 e. The van der Waals surface area contributed by atoms with Gasteiger partial charge in [0.15, 0.2) is 5.79 Å². The third-order valence-corrected chi connectivity index (χ3v) is 5.09. The van der Waals surface area contributed by atoms with Gasteiger partial charge in [-0.2, -0.15) is 0 Å². The number of nitrogens with one attached hydrogen (secondary N) is 1. The van der Waals surface area contributed by atoms with Crippen LogP contribution < -0.4 is 5.32 Å². The van der Waals surface area contributed by atoms with Crippen LogP contribution in [-0.4, -0.2) is 31.5 Å². The predicted octanol–water partition coefficient (Wildman–Crippen LogP) is 3.04. The molecule has 0 atom stereocenters. The molecular weight excluding hydrogens is 346 g/mol. The molecule has 1 aromatic rings. The van der Waals surface area contributed by atoms with Crippen LogP contribution in [0.4, 0.5) is 0 Å². The monoisotopic (exact) mass is 367 g/mol. The Hall–Kier alpha value is -0.910. The van der Waals surface area contributed by atoms with Crippen LogP contribution in [0.2, 0.25) is 0 Å². The van der Waals surface area contributed by atoms with Gasteiger partial charge in [0.05, 0.1) is 13.2 Å². The maximum absolute atomic E-state index is 12.2. The molecule has 3 rings (SSSR count). The maximum atomic E-state index is 12.2. The first-order chi connectivity index (χ1) is 10.7. The lowest BCUT2D eigenvalue weighted by atomic mass is 9.84. The lowest BCUT2D eigenvalue weighted by Crippen LogP contribution is -2.40. The van der Waals surface area contributed by atoms with Gasteiger partial charge in [0.2, 0.25) is 5.91 Å². The van der Waals surface area contributed by atoms with Crippen molar-refractivity contribution >= 4 is 21.8 Å². The molecule has 0 bridgehead atoms. The minimum atomic E-state index is -0.381. The van der Waals surface area contributed by atoms with Crippen molar-refractivity contribution in [1.82, 2.24) is 5.32 Å². The van der Waals surface area contributed by atoms with Crippen molar-refractivity contribution in [2.24, 2.45) is 5.92 Å². The molecule has 5 heteroatoms. The van der Waals surface area contributed by atoms with Crippen molar-refractivity contribution in [1.29, 1.82) is 0 Å². The van der Waals surface area contributed by atoms with Crippen LogP contribution in [0.1, 0.15) is 31.2 Å². The second-order valence-electron chi connectivity index (χ2n) is 6.05. The Morgan fingerprint density at radius 1 is 1.18 bits per heavy atom. The predicted molar refractivity (Wildman–Crippen MR) is 87.4 cm³/mol. The maximum Gasteiger partial charge on any atom is 0.223 e. The molecule has 1 spiro atoms. The van der Waals surface area contributed by atoms with Crippen LogP contribution in [0.25, 0.3) is 0 Å². The highest BCUT2D eigenvalue weighted by molar-refractivity contribution is 9.10. The molecule has 1 aliphatic carbocycles. The molecule has 1 N–H and O–H groups in total. The molecule has 22 heavy (non-hydrogen) atoms. The second-order valence-corrected chi connectivity index (χ2v) is 6.97. The number of hydrogen-bond donors (Lipinski definition) is 1. The molecule has 120 valence electrons. The van der Waals surface area contributed by atoms with E-state index in [9.17, 15) is 4.79 Å². The number of ether oxygens (including phenoxy) is 2. The summed E-state index contributed by atoms with van der Waals surface area (Å²) in [5, 5.41) is 3.06. The van der Waals surface area contributed by atoms with E-state index >= 15 is 0 Å². The summed E-state index contributed by atoms with van der Waals surface area (Å²) in [6.07, 6.45) is 4.23. The van der Waals surface area contributed by atoms with Crippen LogP contribution in [0.3, 0.4) is 0 Å². The van der Waals surface area contributed by atoms with Crippen molar-refractivity contribution in [3.8, 4) is 0 Å². The Bertz CT molecular complexity index is 501. The van der Waals surface area contributed by atoms with Gasteiger partial charge in [-0.3, -0.25) is 4.79 Å². The van der Waals surface area contributed by atoms with Crippen molar-refractivity contribution in [2.75, 3.05) is 19.8 Å². The van der Waals surface area contributed by atoms with E-state index in [2.05, 4.69) is 33.4 Å². The van der Waals surface area contributed by atoms with Gasteiger partial charge in [0.1, 0.15) is 0 Å². The molecule has 1 aliphatic heterocycles. The van der Waals surface area contributed by atoms with E-state index in [0.29, 0.717) is 19.8 Å². The SMILES string of the molecule is O=C(NCCc1ccc(Br)cc1)C1CCC2(CC1)OCCO2. The normalized spacial score (nSPS) is 21.1. The van der Waals surface area contributed by atoms with E-state index in [1.54, 1.807) is 0 Å². The van der Waals surface area contributed by atoms with Crippen LogP contribution in [-0.2, 0) is 20.7 Å². The third-order valence-electron chi connectivity index (χ3n) is 4.56. The Balaban J connectivity index is 1.40. The third kappa shape index (κ3) is 3.89. The standard InChI is InChI=1S/C17H22BrNO3/c18-15-3-1-13(2-4-15)7-10-19-16(20)14-5-8-17(9-6-14)21-11-12-22-17/h1-4,14H,5-12H2,(H,19,20). The van der Waals surface area contributed by atoms with E-state index in [4.69, 9.17) is 9.47 Å². The van der Waals surface area contributed by atoms with Gasteiger partial charge in [-0.15, -0.1) is 0 Å². The zero-order valence-electron chi connectivity index (χ0n) is 12.6. The molecule has 0 aromatic heterocycles. The van der Waals surface area contributed by atoms with Crippen molar-refractivity contribution in [3.05, 3.63) is 34.3 Å². The van der Waals surface area contributed by atoms with Crippen molar-refractivity contribution in [3.63, 3.8) is 0 Å². The topological polar surface area (TPSA) is 47.6 Å². The number of carbonyl (C=O) groups excluding carboxylic acids is 1. The van der Waals surface area contributed by atoms with E-state index in [0.717, 1.165) is 36.6 Å². The number of halogens is 1. The molecule has 2 aliphatic rings. The first-order valence-electron chi connectivity index (χ1n) is 7.97. The second kappa shape index (κ2) is 7.11. The molecule has 1 saturated heterocycles. The lowest BCUT2D eigenvalue weighted by molar-refractivity contribution is -0.183. The average molecular weight is 368 g/mol.